The van der Waals surface area contributed by atoms with Gasteiger partial charge in [-0.05, 0) is 56.4 Å². The molecule has 1 atom stereocenters. The number of carbonyl (C=O) groups is 1. The molecule has 0 aliphatic heterocycles. The molecule has 1 unspecified atom stereocenters. The van der Waals surface area contributed by atoms with Gasteiger partial charge in [0.1, 0.15) is 5.54 Å². The first kappa shape index (κ1) is 14.7. The van der Waals surface area contributed by atoms with E-state index in [0.717, 1.165) is 24.1 Å². The van der Waals surface area contributed by atoms with Crippen molar-refractivity contribution in [2.24, 2.45) is 5.92 Å². The lowest BCUT2D eigenvalue weighted by Gasteiger charge is -2.23. The molecule has 1 aromatic rings. The molecule has 1 fully saturated rings. The van der Waals surface area contributed by atoms with Crippen molar-refractivity contribution in [2.75, 3.05) is 11.9 Å². The molecule has 1 aliphatic carbocycles. The molecule has 0 spiro atoms. The van der Waals surface area contributed by atoms with E-state index in [9.17, 15) is 10.1 Å². The van der Waals surface area contributed by atoms with Crippen molar-refractivity contribution in [1.29, 1.82) is 5.26 Å². The smallest absolute Gasteiger partial charge is 0.240 e. The van der Waals surface area contributed by atoms with Gasteiger partial charge in [-0.25, -0.2) is 0 Å². The molecule has 4 nitrogen and oxygen atoms in total. The minimum atomic E-state index is -0.742. The van der Waals surface area contributed by atoms with Crippen molar-refractivity contribution in [1.82, 2.24) is 5.32 Å². The fourth-order valence-corrected chi connectivity index (χ4v) is 2.44. The molecular weight excluding hydrogens is 274 g/mol. The lowest BCUT2D eigenvalue weighted by Crippen LogP contribution is -2.48. The van der Waals surface area contributed by atoms with Crippen molar-refractivity contribution >= 4 is 23.2 Å². The Hall–Kier alpha value is -1.73. The average Bonchev–Trinajstić information content (AvgIpc) is 3.22. The molecule has 0 radical (unpaired) electrons. The zero-order chi connectivity index (χ0) is 14.8. The van der Waals surface area contributed by atoms with Crippen LogP contribution in [0.25, 0.3) is 0 Å². The standard InChI is InChI=1S/C15H18ClN3O/c1-10-7-12(16)5-6-13(10)18-8-14(20)19-15(2,9-17)11-3-4-11/h5-7,11,18H,3-4,8H2,1-2H3,(H,19,20). The quantitative estimate of drug-likeness (QED) is 0.877. The number of carbonyl (C=O) groups excluding carboxylic acids is 1. The maximum absolute atomic E-state index is 12.0. The van der Waals surface area contributed by atoms with Gasteiger partial charge in [-0.1, -0.05) is 11.6 Å². The Morgan fingerprint density at radius 3 is 2.80 bits per heavy atom. The van der Waals surface area contributed by atoms with Gasteiger partial charge in [-0.3, -0.25) is 4.79 Å². The van der Waals surface area contributed by atoms with E-state index < -0.39 is 5.54 Å². The summed E-state index contributed by atoms with van der Waals surface area (Å²) in [6.45, 7) is 3.86. The summed E-state index contributed by atoms with van der Waals surface area (Å²) >= 11 is 5.88. The van der Waals surface area contributed by atoms with E-state index in [-0.39, 0.29) is 18.4 Å². The third-order valence-corrected chi connectivity index (χ3v) is 3.89. The van der Waals surface area contributed by atoms with E-state index in [1.807, 2.05) is 19.1 Å². The number of hydrogen-bond acceptors (Lipinski definition) is 3. The summed E-state index contributed by atoms with van der Waals surface area (Å²) in [7, 11) is 0. The molecule has 1 aliphatic rings. The highest BCUT2D eigenvalue weighted by Gasteiger charge is 2.42. The molecule has 1 amide bonds. The second-order valence-electron chi connectivity index (χ2n) is 5.45. The first-order valence-electron chi connectivity index (χ1n) is 6.67. The van der Waals surface area contributed by atoms with Gasteiger partial charge in [0.25, 0.3) is 0 Å². The van der Waals surface area contributed by atoms with E-state index in [4.69, 9.17) is 11.6 Å². The highest BCUT2D eigenvalue weighted by Crippen LogP contribution is 2.39. The number of aryl methyl sites for hydroxylation is 1. The van der Waals surface area contributed by atoms with Crippen molar-refractivity contribution in [2.45, 2.75) is 32.2 Å². The first-order valence-corrected chi connectivity index (χ1v) is 7.04. The Morgan fingerprint density at radius 2 is 2.25 bits per heavy atom. The molecule has 20 heavy (non-hydrogen) atoms. The zero-order valence-corrected chi connectivity index (χ0v) is 12.4. The lowest BCUT2D eigenvalue weighted by atomic mass is 9.98. The molecule has 0 aromatic heterocycles. The normalized spacial score (nSPS) is 16.9. The molecule has 2 N–H and O–H groups in total. The molecule has 2 rings (SSSR count). The average molecular weight is 292 g/mol. The maximum Gasteiger partial charge on any atom is 0.240 e. The van der Waals surface area contributed by atoms with Gasteiger partial charge in [0.2, 0.25) is 5.91 Å². The number of nitrogens with zero attached hydrogens (tertiary/aromatic N) is 1. The molecule has 1 aromatic carbocycles. The summed E-state index contributed by atoms with van der Waals surface area (Å²) < 4.78 is 0. The number of amides is 1. The topological polar surface area (TPSA) is 64.9 Å². The fraction of sp³-hybridized carbons (Fsp3) is 0.467. The van der Waals surface area contributed by atoms with Gasteiger partial charge in [-0.2, -0.15) is 5.26 Å². The predicted molar refractivity (Wildman–Crippen MR) is 79.6 cm³/mol. The number of hydrogen-bond donors (Lipinski definition) is 2. The summed E-state index contributed by atoms with van der Waals surface area (Å²) in [6, 6.07) is 7.67. The SMILES string of the molecule is Cc1cc(Cl)ccc1NCC(=O)NC(C)(C#N)C1CC1. The first-order chi connectivity index (χ1) is 9.44. The van der Waals surface area contributed by atoms with Gasteiger partial charge in [0, 0.05) is 10.7 Å². The van der Waals surface area contributed by atoms with Crippen LogP contribution in [0.1, 0.15) is 25.3 Å². The van der Waals surface area contributed by atoms with Crippen LogP contribution in [0.3, 0.4) is 0 Å². The van der Waals surface area contributed by atoms with E-state index in [2.05, 4.69) is 16.7 Å². The highest BCUT2D eigenvalue weighted by molar-refractivity contribution is 6.30. The number of nitrogens with one attached hydrogen (secondary N) is 2. The second-order valence-corrected chi connectivity index (χ2v) is 5.89. The van der Waals surface area contributed by atoms with Crippen LogP contribution in [0.15, 0.2) is 18.2 Å². The Balaban J connectivity index is 1.90. The molecule has 0 bridgehead atoms. The van der Waals surface area contributed by atoms with E-state index >= 15 is 0 Å². The third-order valence-electron chi connectivity index (χ3n) is 3.65. The summed E-state index contributed by atoms with van der Waals surface area (Å²) in [5.41, 5.74) is 1.11. The Labute approximate surface area is 124 Å². The molecule has 0 heterocycles. The Kier molecular flexibility index (Phi) is 4.20. The monoisotopic (exact) mass is 291 g/mol. The molecule has 1 saturated carbocycles. The predicted octanol–water partition coefficient (Wildman–Crippen LogP) is 2.87. The number of halogens is 1. The molecule has 0 saturated heterocycles. The Morgan fingerprint density at radius 1 is 1.55 bits per heavy atom. The van der Waals surface area contributed by atoms with E-state index in [1.165, 1.54) is 0 Å². The van der Waals surface area contributed by atoms with Gasteiger partial charge in [-0.15, -0.1) is 0 Å². The summed E-state index contributed by atoms with van der Waals surface area (Å²) in [6.07, 6.45) is 2.02. The third kappa shape index (κ3) is 3.43. The van der Waals surface area contributed by atoms with Crippen LogP contribution < -0.4 is 10.6 Å². The summed E-state index contributed by atoms with van der Waals surface area (Å²) in [5.74, 6) is 0.115. The van der Waals surface area contributed by atoms with Crippen LogP contribution in [-0.2, 0) is 4.79 Å². The van der Waals surface area contributed by atoms with Crippen LogP contribution in [0.4, 0.5) is 5.69 Å². The summed E-state index contributed by atoms with van der Waals surface area (Å²) in [5, 5.41) is 15.8. The van der Waals surface area contributed by atoms with Crippen LogP contribution in [-0.4, -0.2) is 18.0 Å². The largest absolute Gasteiger partial charge is 0.376 e. The second kappa shape index (κ2) is 5.72. The number of nitriles is 1. The van der Waals surface area contributed by atoms with Crippen LogP contribution in [0.5, 0.6) is 0 Å². The van der Waals surface area contributed by atoms with E-state index in [1.54, 1.807) is 13.0 Å². The fourth-order valence-electron chi connectivity index (χ4n) is 2.22. The molecule has 5 heteroatoms. The minimum absolute atomic E-state index is 0.145. The molecular formula is C15H18ClN3O. The van der Waals surface area contributed by atoms with Crippen LogP contribution >= 0.6 is 11.6 Å². The molecule has 106 valence electrons. The lowest BCUT2D eigenvalue weighted by molar-refractivity contribution is -0.120. The minimum Gasteiger partial charge on any atom is -0.376 e. The summed E-state index contributed by atoms with van der Waals surface area (Å²) in [4.78, 5) is 12.0. The van der Waals surface area contributed by atoms with Gasteiger partial charge in [0.05, 0.1) is 12.6 Å². The van der Waals surface area contributed by atoms with Crippen molar-refractivity contribution < 1.29 is 4.79 Å². The van der Waals surface area contributed by atoms with Crippen molar-refractivity contribution in [3.63, 3.8) is 0 Å². The number of benzene rings is 1. The van der Waals surface area contributed by atoms with Gasteiger partial charge < -0.3 is 10.6 Å². The van der Waals surface area contributed by atoms with Crippen molar-refractivity contribution in [3.8, 4) is 6.07 Å². The maximum atomic E-state index is 12.0. The Bertz CT molecular complexity index is 563. The van der Waals surface area contributed by atoms with Crippen molar-refractivity contribution in [3.05, 3.63) is 28.8 Å². The van der Waals surface area contributed by atoms with Crippen LogP contribution in [0, 0.1) is 24.2 Å². The van der Waals surface area contributed by atoms with E-state index in [0.29, 0.717) is 5.02 Å². The number of anilines is 1. The zero-order valence-electron chi connectivity index (χ0n) is 11.7. The van der Waals surface area contributed by atoms with Gasteiger partial charge >= 0.3 is 0 Å². The van der Waals surface area contributed by atoms with Gasteiger partial charge in [0.15, 0.2) is 0 Å². The number of rotatable bonds is 5. The highest BCUT2D eigenvalue weighted by atomic mass is 35.5. The van der Waals surface area contributed by atoms with Crippen LogP contribution in [0.2, 0.25) is 5.02 Å².